The predicted octanol–water partition coefficient (Wildman–Crippen LogP) is 3.00. The molecule has 2 nitrogen and oxygen atoms in total. The van der Waals surface area contributed by atoms with E-state index in [-0.39, 0.29) is 18.9 Å². The van der Waals surface area contributed by atoms with Gasteiger partial charge >= 0.3 is 0 Å². The molecule has 0 bridgehead atoms. The van der Waals surface area contributed by atoms with Gasteiger partial charge in [-0.2, -0.15) is 0 Å². The number of halogens is 2. The summed E-state index contributed by atoms with van der Waals surface area (Å²) in [7, 11) is 0. The molecule has 2 N–H and O–H groups in total. The lowest BCUT2D eigenvalue weighted by Crippen LogP contribution is -2.05. The molecule has 0 heterocycles. The highest BCUT2D eigenvalue weighted by atomic mass is 19.1. The Kier molecular flexibility index (Phi) is 3.89. The molecule has 0 saturated heterocycles. The molecule has 0 spiro atoms. The van der Waals surface area contributed by atoms with Gasteiger partial charge in [-0.1, -0.05) is 30.3 Å². The van der Waals surface area contributed by atoms with Crippen molar-refractivity contribution in [1.29, 1.82) is 0 Å². The van der Waals surface area contributed by atoms with Crippen molar-refractivity contribution in [1.82, 2.24) is 0 Å². The van der Waals surface area contributed by atoms with Crippen LogP contribution in [0.25, 0.3) is 0 Å². The fraction of sp³-hybridized carbons (Fsp3) is 0.143. The van der Waals surface area contributed by atoms with Gasteiger partial charge in [0.15, 0.2) is 11.6 Å². The van der Waals surface area contributed by atoms with Crippen LogP contribution in [0.15, 0.2) is 42.5 Å². The number of benzene rings is 2. The van der Waals surface area contributed by atoms with Crippen LogP contribution in [0.1, 0.15) is 11.1 Å². The molecule has 0 atom stereocenters. The molecule has 0 unspecified atom stereocenters. The highest BCUT2D eigenvalue weighted by molar-refractivity contribution is 5.27. The van der Waals surface area contributed by atoms with Gasteiger partial charge in [0.05, 0.1) is 0 Å². The van der Waals surface area contributed by atoms with E-state index in [9.17, 15) is 8.78 Å². The zero-order valence-electron chi connectivity index (χ0n) is 9.70. The molecule has 0 fully saturated rings. The van der Waals surface area contributed by atoms with Gasteiger partial charge < -0.3 is 10.5 Å². The molecular formula is C14H13F2NO. The van der Waals surface area contributed by atoms with Crippen LogP contribution in [0.4, 0.5) is 8.78 Å². The van der Waals surface area contributed by atoms with Gasteiger partial charge in [0.2, 0.25) is 0 Å². The maximum absolute atomic E-state index is 13.8. The molecule has 0 aliphatic rings. The minimum atomic E-state index is -0.465. The fourth-order valence-electron chi connectivity index (χ4n) is 1.62. The third-order valence-corrected chi connectivity index (χ3v) is 2.60. The number of hydrogen-bond donors (Lipinski definition) is 1. The van der Waals surface area contributed by atoms with Gasteiger partial charge in [-0.15, -0.1) is 0 Å². The van der Waals surface area contributed by atoms with Gasteiger partial charge in [0.25, 0.3) is 0 Å². The maximum Gasteiger partial charge on any atom is 0.165 e. The number of para-hydroxylation sites is 1. The first-order valence-corrected chi connectivity index (χ1v) is 5.56. The first-order valence-electron chi connectivity index (χ1n) is 5.56. The molecule has 4 heteroatoms. The number of ether oxygens (including phenoxy) is 1. The molecule has 2 aromatic carbocycles. The lowest BCUT2D eigenvalue weighted by Gasteiger charge is -2.09. The summed E-state index contributed by atoms with van der Waals surface area (Å²) >= 11 is 0. The van der Waals surface area contributed by atoms with E-state index in [2.05, 4.69) is 0 Å². The summed E-state index contributed by atoms with van der Waals surface area (Å²) in [5.74, 6) is -0.751. The largest absolute Gasteiger partial charge is 0.486 e. The molecule has 94 valence electrons. The highest BCUT2D eigenvalue weighted by Crippen LogP contribution is 2.19. The lowest BCUT2D eigenvalue weighted by atomic mass is 10.1. The van der Waals surface area contributed by atoms with Gasteiger partial charge in [-0.25, -0.2) is 8.78 Å². The number of hydrogen-bond acceptors (Lipinski definition) is 2. The second-order valence-corrected chi connectivity index (χ2v) is 3.81. The van der Waals surface area contributed by atoms with Crippen molar-refractivity contribution in [2.75, 3.05) is 0 Å². The van der Waals surface area contributed by atoms with Crippen LogP contribution in [0.2, 0.25) is 0 Å². The summed E-state index contributed by atoms with van der Waals surface area (Å²) in [6.07, 6.45) is 0. The van der Waals surface area contributed by atoms with E-state index in [0.29, 0.717) is 11.1 Å². The van der Waals surface area contributed by atoms with Crippen LogP contribution in [-0.4, -0.2) is 0 Å². The van der Waals surface area contributed by atoms with Crippen LogP contribution in [0.3, 0.4) is 0 Å². The summed E-state index contributed by atoms with van der Waals surface area (Å²) in [6.45, 7) is 0.0972. The third-order valence-electron chi connectivity index (χ3n) is 2.60. The Balaban J connectivity index is 2.14. The highest BCUT2D eigenvalue weighted by Gasteiger charge is 2.08. The van der Waals surface area contributed by atoms with Crippen molar-refractivity contribution < 1.29 is 13.5 Å². The van der Waals surface area contributed by atoms with Gasteiger partial charge in [-0.05, 0) is 12.1 Å². The van der Waals surface area contributed by atoms with Crippen molar-refractivity contribution in [3.63, 3.8) is 0 Å². The number of rotatable bonds is 4. The monoisotopic (exact) mass is 249 g/mol. The molecule has 2 rings (SSSR count). The normalized spacial score (nSPS) is 10.4. The molecular weight excluding hydrogens is 236 g/mol. The van der Waals surface area contributed by atoms with Crippen molar-refractivity contribution in [2.45, 2.75) is 13.2 Å². The van der Waals surface area contributed by atoms with E-state index in [4.69, 9.17) is 10.5 Å². The third kappa shape index (κ3) is 2.65. The van der Waals surface area contributed by atoms with Gasteiger partial charge in [0, 0.05) is 17.7 Å². The topological polar surface area (TPSA) is 35.2 Å². The average molecular weight is 249 g/mol. The summed E-state index contributed by atoms with van der Waals surface area (Å²) in [4.78, 5) is 0. The van der Waals surface area contributed by atoms with Gasteiger partial charge in [0.1, 0.15) is 12.4 Å². The summed E-state index contributed by atoms with van der Waals surface area (Å²) in [5.41, 5.74) is 6.19. The van der Waals surface area contributed by atoms with Crippen molar-refractivity contribution in [3.8, 4) is 5.75 Å². The minimum Gasteiger partial charge on any atom is -0.486 e. The quantitative estimate of drug-likeness (QED) is 0.904. The summed E-state index contributed by atoms with van der Waals surface area (Å²) < 4.78 is 32.4. The second kappa shape index (κ2) is 5.60. The Hall–Kier alpha value is -1.94. The van der Waals surface area contributed by atoms with E-state index < -0.39 is 11.6 Å². The Morgan fingerprint density at radius 1 is 0.944 bits per heavy atom. The van der Waals surface area contributed by atoms with Crippen LogP contribution in [0.5, 0.6) is 5.75 Å². The van der Waals surface area contributed by atoms with Crippen molar-refractivity contribution >= 4 is 0 Å². The summed E-state index contributed by atoms with van der Waals surface area (Å²) in [5, 5.41) is 0. The van der Waals surface area contributed by atoms with Crippen molar-refractivity contribution in [3.05, 3.63) is 65.2 Å². The van der Waals surface area contributed by atoms with Crippen LogP contribution in [-0.2, 0) is 13.2 Å². The Morgan fingerprint density at radius 3 is 2.39 bits per heavy atom. The van der Waals surface area contributed by atoms with E-state index >= 15 is 0 Å². The summed E-state index contributed by atoms with van der Waals surface area (Å²) in [6, 6.07) is 10.9. The van der Waals surface area contributed by atoms with E-state index in [1.54, 1.807) is 30.3 Å². The molecule has 0 amide bonds. The number of nitrogens with two attached hydrogens (primary N) is 1. The zero-order chi connectivity index (χ0) is 13.0. The van der Waals surface area contributed by atoms with Crippen molar-refractivity contribution in [2.24, 2.45) is 5.73 Å². The first-order chi connectivity index (χ1) is 8.72. The van der Waals surface area contributed by atoms with Crippen LogP contribution in [0, 0.1) is 11.6 Å². The molecule has 0 saturated carbocycles. The SMILES string of the molecule is NCc1cccc(COc2ccccc2F)c1F. The predicted molar refractivity (Wildman–Crippen MR) is 65.0 cm³/mol. The first kappa shape index (κ1) is 12.5. The smallest absolute Gasteiger partial charge is 0.165 e. The second-order valence-electron chi connectivity index (χ2n) is 3.81. The average Bonchev–Trinajstić information content (AvgIpc) is 2.39. The Morgan fingerprint density at radius 2 is 1.67 bits per heavy atom. The van der Waals surface area contributed by atoms with E-state index in [1.165, 1.54) is 12.1 Å². The Labute approximate surface area is 104 Å². The molecule has 0 aromatic heterocycles. The molecule has 0 aliphatic heterocycles. The Bertz CT molecular complexity index is 543. The van der Waals surface area contributed by atoms with E-state index in [1.807, 2.05) is 0 Å². The van der Waals surface area contributed by atoms with Crippen LogP contribution < -0.4 is 10.5 Å². The van der Waals surface area contributed by atoms with E-state index in [0.717, 1.165) is 0 Å². The standard InChI is InChI=1S/C14H13F2NO/c15-12-6-1-2-7-13(12)18-9-11-5-3-4-10(8-17)14(11)16/h1-7H,8-9,17H2. The lowest BCUT2D eigenvalue weighted by molar-refractivity contribution is 0.284. The van der Waals surface area contributed by atoms with Gasteiger partial charge in [-0.3, -0.25) is 0 Å². The molecule has 2 aromatic rings. The minimum absolute atomic E-state index is 0.0272. The maximum atomic E-state index is 13.8. The fourth-order valence-corrected chi connectivity index (χ4v) is 1.62. The molecule has 0 aliphatic carbocycles. The molecule has 18 heavy (non-hydrogen) atoms. The zero-order valence-corrected chi connectivity index (χ0v) is 9.70. The van der Waals surface area contributed by atoms with Crippen LogP contribution >= 0.6 is 0 Å². The molecule has 0 radical (unpaired) electrons.